The number of amides is 1. The first-order valence-corrected chi connectivity index (χ1v) is 7.47. The van der Waals surface area contributed by atoms with Gasteiger partial charge in [0.1, 0.15) is 17.3 Å². The third kappa shape index (κ3) is 4.16. The van der Waals surface area contributed by atoms with Crippen molar-refractivity contribution in [3.8, 4) is 10.6 Å². The Bertz CT molecular complexity index is 606. The van der Waals surface area contributed by atoms with Crippen molar-refractivity contribution in [3.63, 3.8) is 0 Å². The van der Waals surface area contributed by atoms with Gasteiger partial charge >= 0.3 is 5.97 Å². The summed E-state index contributed by atoms with van der Waals surface area (Å²) in [5.74, 6) is -1.34. The molecule has 0 aliphatic heterocycles. The molecule has 7 heteroatoms. The van der Waals surface area contributed by atoms with Crippen LogP contribution in [-0.4, -0.2) is 28.0 Å². The van der Waals surface area contributed by atoms with Gasteiger partial charge in [0, 0.05) is 10.9 Å². The van der Waals surface area contributed by atoms with Gasteiger partial charge in [0.15, 0.2) is 0 Å². The third-order valence-electron chi connectivity index (χ3n) is 2.87. The lowest BCUT2D eigenvalue weighted by Crippen LogP contribution is -2.41. The number of furan rings is 1. The standard InChI is InChI=1S/C14H16N2O4S/c1-2-3-11(14(18)19)16-12(17)6-10-8-21-13(15-10)9-4-5-20-7-9/h4-5,7-8,11H,2-3,6H2,1H3,(H,16,17)(H,18,19). The lowest BCUT2D eigenvalue weighted by atomic mass is 10.1. The fourth-order valence-electron chi connectivity index (χ4n) is 1.86. The van der Waals surface area contributed by atoms with Gasteiger partial charge in [-0.25, -0.2) is 9.78 Å². The van der Waals surface area contributed by atoms with Gasteiger partial charge in [-0.05, 0) is 12.5 Å². The molecule has 0 radical (unpaired) electrons. The molecule has 6 nitrogen and oxygen atoms in total. The topological polar surface area (TPSA) is 92.4 Å². The van der Waals surface area contributed by atoms with Gasteiger partial charge in [-0.1, -0.05) is 13.3 Å². The predicted octanol–water partition coefficient (Wildman–Crippen LogP) is 2.32. The number of hydrogen-bond donors (Lipinski definition) is 2. The van der Waals surface area contributed by atoms with Crippen molar-refractivity contribution in [2.75, 3.05) is 0 Å². The molecule has 21 heavy (non-hydrogen) atoms. The van der Waals surface area contributed by atoms with E-state index in [9.17, 15) is 9.59 Å². The quantitative estimate of drug-likeness (QED) is 0.819. The molecule has 0 fully saturated rings. The van der Waals surface area contributed by atoms with E-state index in [2.05, 4.69) is 10.3 Å². The van der Waals surface area contributed by atoms with E-state index in [1.165, 1.54) is 11.3 Å². The summed E-state index contributed by atoms with van der Waals surface area (Å²) in [5, 5.41) is 14.1. The van der Waals surface area contributed by atoms with Crippen molar-refractivity contribution in [3.05, 3.63) is 29.7 Å². The minimum Gasteiger partial charge on any atom is -0.480 e. The molecular formula is C14H16N2O4S. The number of hydrogen-bond acceptors (Lipinski definition) is 5. The minimum absolute atomic E-state index is 0.0713. The molecular weight excluding hydrogens is 292 g/mol. The van der Waals surface area contributed by atoms with Crippen LogP contribution >= 0.6 is 11.3 Å². The lowest BCUT2D eigenvalue weighted by Gasteiger charge is -2.12. The molecule has 2 N–H and O–H groups in total. The molecule has 2 aromatic rings. The second kappa shape index (κ2) is 7.03. The van der Waals surface area contributed by atoms with Crippen LogP contribution in [-0.2, 0) is 16.0 Å². The minimum atomic E-state index is -1.01. The summed E-state index contributed by atoms with van der Waals surface area (Å²) in [5.41, 5.74) is 1.48. The second-order valence-corrected chi connectivity index (χ2v) is 5.44. The molecule has 112 valence electrons. The molecule has 2 heterocycles. The summed E-state index contributed by atoms with van der Waals surface area (Å²) in [6.45, 7) is 1.87. The summed E-state index contributed by atoms with van der Waals surface area (Å²) < 4.78 is 4.99. The van der Waals surface area contributed by atoms with E-state index in [0.29, 0.717) is 18.5 Å². The normalized spacial score (nSPS) is 12.0. The first kappa shape index (κ1) is 15.2. The zero-order valence-corrected chi connectivity index (χ0v) is 12.4. The highest BCUT2D eigenvalue weighted by atomic mass is 32.1. The van der Waals surface area contributed by atoms with Crippen LogP contribution in [0.1, 0.15) is 25.5 Å². The van der Waals surface area contributed by atoms with E-state index in [-0.39, 0.29) is 12.3 Å². The van der Waals surface area contributed by atoms with Crippen LogP contribution in [0.5, 0.6) is 0 Å². The smallest absolute Gasteiger partial charge is 0.326 e. The number of nitrogens with one attached hydrogen (secondary N) is 1. The number of aromatic nitrogens is 1. The molecule has 0 saturated heterocycles. The SMILES string of the molecule is CCCC(NC(=O)Cc1csc(-c2ccoc2)n1)C(=O)O. The van der Waals surface area contributed by atoms with Gasteiger partial charge in [0.25, 0.3) is 0 Å². The molecule has 0 saturated carbocycles. The number of thiazole rings is 1. The van der Waals surface area contributed by atoms with Gasteiger partial charge in [-0.3, -0.25) is 4.79 Å². The van der Waals surface area contributed by atoms with E-state index in [1.807, 2.05) is 6.92 Å². The van der Waals surface area contributed by atoms with E-state index >= 15 is 0 Å². The summed E-state index contributed by atoms with van der Waals surface area (Å²) in [6, 6.07) is 0.958. The average Bonchev–Trinajstić information content (AvgIpc) is 3.08. The van der Waals surface area contributed by atoms with Gasteiger partial charge in [0.2, 0.25) is 5.91 Å². The third-order valence-corrected chi connectivity index (χ3v) is 3.81. The number of carboxylic acid groups (broad SMARTS) is 1. The molecule has 0 spiro atoms. The number of carboxylic acids is 1. The average molecular weight is 308 g/mol. The van der Waals surface area contributed by atoms with Crippen molar-refractivity contribution in [1.29, 1.82) is 0 Å². The van der Waals surface area contributed by atoms with Crippen molar-refractivity contribution in [2.45, 2.75) is 32.2 Å². The van der Waals surface area contributed by atoms with Crippen LogP contribution in [0.2, 0.25) is 0 Å². The Morgan fingerprint density at radius 3 is 2.95 bits per heavy atom. The van der Waals surface area contributed by atoms with E-state index in [4.69, 9.17) is 9.52 Å². The largest absolute Gasteiger partial charge is 0.480 e. The van der Waals surface area contributed by atoms with E-state index < -0.39 is 12.0 Å². The van der Waals surface area contributed by atoms with Crippen LogP contribution in [0, 0.1) is 0 Å². The van der Waals surface area contributed by atoms with Gasteiger partial charge in [-0.2, -0.15) is 0 Å². The fourth-order valence-corrected chi connectivity index (χ4v) is 2.67. The summed E-state index contributed by atoms with van der Waals surface area (Å²) in [6.07, 6.45) is 4.33. The molecule has 0 bridgehead atoms. The lowest BCUT2D eigenvalue weighted by molar-refractivity contribution is -0.141. The maximum absolute atomic E-state index is 11.9. The number of aliphatic carboxylic acids is 1. The zero-order chi connectivity index (χ0) is 15.2. The van der Waals surface area contributed by atoms with Crippen molar-refractivity contribution in [2.24, 2.45) is 0 Å². The van der Waals surface area contributed by atoms with Crippen LogP contribution in [0.3, 0.4) is 0 Å². The number of nitrogens with zero attached hydrogens (tertiary/aromatic N) is 1. The Hall–Kier alpha value is -2.15. The summed E-state index contributed by atoms with van der Waals surface area (Å²) in [4.78, 5) is 27.2. The van der Waals surface area contributed by atoms with Gasteiger partial charge < -0.3 is 14.8 Å². The molecule has 2 aromatic heterocycles. The van der Waals surface area contributed by atoms with Crippen LogP contribution in [0.4, 0.5) is 0 Å². The fraction of sp³-hybridized carbons (Fsp3) is 0.357. The molecule has 0 aliphatic rings. The number of carbonyl (C=O) groups is 2. The number of carbonyl (C=O) groups excluding carboxylic acids is 1. The van der Waals surface area contributed by atoms with Crippen molar-refractivity contribution < 1.29 is 19.1 Å². The number of rotatable bonds is 7. The first-order valence-electron chi connectivity index (χ1n) is 6.59. The predicted molar refractivity (Wildman–Crippen MR) is 78.0 cm³/mol. The highest BCUT2D eigenvalue weighted by Gasteiger charge is 2.19. The van der Waals surface area contributed by atoms with E-state index in [1.54, 1.807) is 24.0 Å². The Labute approximate surface area is 125 Å². The highest BCUT2D eigenvalue weighted by molar-refractivity contribution is 7.13. The summed E-state index contributed by atoms with van der Waals surface area (Å²) >= 11 is 1.42. The molecule has 1 unspecified atom stereocenters. The zero-order valence-electron chi connectivity index (χ0n) is 11.5. The Morgan fingerprint density at radius 2 is 2.33 bits per heavy atom. The van der Waals surface area contributed by atoms with Crippen LogP contribution < -0.4 is 5.32 Å². The maximum atomic E-state index is 11.9. The van der Waals surface area contributed by atoms with Crippen LogP contribution in [0.25, 0.3) is 10.6 Å². The van der Waals surface area contributed by atoms with Gasteiger partial charge in [0.05, 0.1) is 18.4 Å². The first-order chi connectivity index (χ1) is 10.1. The summed E-state index contributed by atoms with van der Waals surface area (Å²) in [7, 11) is 0. The van der Waals surface area contributed by atoms with Crippen LogP contribution in [0.15, 0.2) is 28.4 Å². The van der Waals surface area contributed by atoms with Crippen molar-refractivity contribution >= 4 is 23.2 Å². The maximum Gasteiger partial charge on any atom is 0.326 e. The molecule has 0 aliphatic carbocycles. The van der Waals surface area contributed by atoms with E-state index in [0.717, 1.165) is 10.6 Å². The molecule has 1 atom stereocenters. The molecule has 2 rings (SSSR count). The second-order valence-electron chi connectivity index (χ2n) is 4.58. The Morgan fingerprint density at radius 1 is 1.52 bits per heavy atom. The highest BCUT2D eigenvalue weighted by Crippen LogP contribution is 2.24. The molecule has 0 aromatic carbocycles. The monoisotopic (exact) mass is 308 g/mol. The Kier molecular flexibility index (Phi) is 5.10. The van der Waals surface area contributed by atoms with Gasteiger partial charge in [-0.15, -0.1) is 11.3 Å². The molecule has 1 amide bonds. The Balaban J connectivity index is 1.95. The van der Waals surface area contributed by atoms with Crippen molar-refractivity contribution in [1.82, 2.24) is 10.3 Å².